The minimum atomic E-state index is 0.0195. The minimum Gasteiger partial charge on any atom is -0.312 e. The first-order valence-corrected chi connectivity index (χ1v) is 5.42. The lowest BCUT2D eigenvalue weighted by molar-refractivity contribution is 0.591. The molecule has 74 valence electrons. The number of hydrogen-bond acceptors (Lipinski definition) is 2. The van der Waals surface area contributed by atoms with Gasteiger partial charge in [0, 0.05) is 0 Å². The highest BCUT2D eigenvalue weighted by atomic mass is 32.1. The quantitative estimate of drug-likeness (QED) is 0.708. The van der Waals surface area contributed by atoms with Crippen molar-refractivity contribution in [3.63, 3.8) is 0 Å². The molecule has 2 aromatic rings. The highest BCUT2D eigenvalue weighted by molar-refractivity contribution is 7.16. The van der Waals surface area contributed by atoms with Crippen LogP contribution in [-0.2, 0) is 5.41 Å². The van der Waals surface area contributed by atoms with Crippen LogP contribution in [0.15, 0.2) is 23.0 Å². The van der Waals surface area contributed by atoms with E-state index >= 15 is 0 Å². The summed E-state index contributed by atoms with van der Waals surface area (Å²) < 4.78 is 1.03. The molecule has 0 fully saturated rings. The molecular formula is C11H13NOS. The van der Waals surface area contributed by atoms with Gasteiger partial charge in [-0.05, 0) is 23.1 Å². The van der Waals surface area contributed by atoms with Gasteiger partial charge in [-0.3, -0.25) is 4.79 Å². The van der Waals surface area contributed by atoms with Crippen LogP contribution in [0.25, 0.3) is 10.2 Å². The molecule has 1 aromatic carbocycles. The Morgan fingerprint density at radius 1 is 1.29 bits per heavy atom. The second-order valence-corrected chi connectivity index (χ2v) is 5.49. The Morgan fingerprint density at radius 3 is 2.64 bits per heavy atom. The predicted octanol–water partition coefficient (Wildman–Crippen LogP) is 2.89. The summed E-state index contributed by atoms with van der Waals surface area (Å²) in [4.78, 5) is 14.0. The summed E-state index contributed by atoms with van der Waals surface area (Å²) in [6.07, 6.45) is 0. The number of aromatic nitrogens is 1. The van der Waals surface area contributed by atoms with Crippen molar-refractivity contribution in [2.75, 3.05) is 0 Å². The number of nitrogens with one attached hydrogen (secondary N) is 1. The van der Waals surface area contributed by atoms with Crippen molar-refractivity contribution in [3.05, 3.63) is 33.4 Å². The Labute approximate surface area is 86.6 Å². The third-order valence-electron chi connectivity index (χ3n) is 2.28. The van der Waals surface area contributed by atoms with E-state index < -0.39 is 0 Å². The molecule has 0 unspecified atom stereocenters. The fourth-order valence-electron chi connectivity index (χ4n) is 1.42. The SMILES string of the molecule is CC(C)(C)c1ccc2sc(=O)[nH]c2c1. The topological polar surface area (TPSA) is 32.9 Å². The maximum Gasteiger partial charge on any atom is 0.305 e. The first kappa shape index (κ1) is 9.46. The van der Waals surface area contributed by atoms with E-state index in [0.29, 0.717) is 0 Å². The fourth-order valence-corrected chi connectivity index (χ4v) is 2.14. The van der Waals surface area contributed by atoms with Gasteiger partial charge in [-0.1, -0.05) is 38.2 Å². The maximum absolute atomic E-state index is 11.1. The molecule has 1 N–H and O–H groups in total. The van der Waals surface area contributed by atoms with Gasteiger partial charge in [0.2, 0.25) is 0 Å². The Morgan fingerprint density at radius 2 is 2.00 bits per heavy atom. The summed E-state index contributed by atoms with van der Waals surface area (Å²) in [5.74, 6) is 0. The Bertz CT molecular complexity index is 516. The summed E-state index contributed by atoms with van der Waals surface area (Å²) in [5.41, 5.74) is 2.33. The Balaban J connectivity index is 2.67. The van der Waals surface area contributed by atoms with Gasteiger partial charge in [0.25, 0.3) is 0 Å². The molecule has 0 aliphatic rings. The lowest BCUT2D eigenvalue weighted by Crippen LogP contribution is -2.10. The molecule has 0 spiro atoms. The van der Waals surface area contributed by atoms with Crippen LogP contribution in [-0.4, -0.2) is 4.98 Å². The average molecular weight is 207 g/mol. The van der Waals surface area contributed by atoms with Crippen LogP contribution >= 0.6 is 11.3 Å². The molecule has 0 atom stereocenters. The second-order valence-electron chi connectivity index (χ2n) is 4.48. The van der Waals surface area contributed by atoms with Crippen LogP contribution in [0, 0.1) is 0 Å². The molecule has 0 aliphatic heterocycles. The molecule has 2 nitrogen and oxygen atoms in total. The van der Waals surface area contributed by atoms with Gasteiger partial charge in [-0.25, -0.2) is 0 Å². The van der Waals surface area contributed by atoms with E-state index in [1.54, 1.807) is 0 Å². The summed E-state index contributed by atoms with van der Waals surface area (Å²) >= 11 is 1.26. The van der Waals surface area contributed by atoms with E-state index in [0.717, 1.165) is 10.2 Å². The molecule has 3 heteroatoms. The van der Waals surface area contributed by atoms with Gasteiger partial charge in [0.05, 0.1) is 10.2 Å². The van der Waals surface area contributed by atoms with Crippen molar-refractivity contribution in [2.24, 2.45) is 0 Å². The lowest BCUT2D eigenvalue weighted by Gasteiger charge is -2.18. The van der Waals surface area contributed by atoms with Gasteiger partial charge in [0.1, 0.15) is 0 Å². The van der Waals surface area contributed by atoms with Crippen LogP contribution in [0.1, 0.15) is 26.3 Å². The van der Waals surface area contributed by atoms with Crippen LogP contribution in [0.2, 0.25) is 0 Å². The molecular weight excluding hydrogens is 194 g/mol. The van der Waals surface area contributed by atoms with Crippen molar-refractivity contribution in [1.82, 2.24) is 4.98 Å². The average Bonchev–Trinajstić information content (AvgIpc) is 2.41. The highest BCUT2D eigenvalue weighted by Gasteiger charge is 2.14. The lowest BCUT2D eigenvalue weighted by atomic mass is 9.87. The van der Waals surface area contributed by atoms with E-state index in [1.807, 2.05) is 6.07 Å². The minimum absolute atomic E-state index is 0.0195. The van der Waals surface area contributed by atoms with Crippen molar-refractivity contribution < 1.29 is 0 Å². The summed E-state index contributed by atoms with van der Waals surface area (Å²) in [6, 6.07) is 6.16. The molecule has 0 saturated heterocycles. The van der Waals surface area contributed by atoms with Gasteiger partial charge >= 0.3 is 4.87 Å². The normalized spacial score (nSPS) is 12.2. The fraction of sp³-hybridized carbons (Fsp3) is 0.364. The monoisotopic (exact) mass is 207 g/mol. The zero-order chi connectivity index (χ0) is 10.3. The van der Waals surface area contributed by atoms with E-state index in [4.69, 9.17) is 0 Å². The number of thiazole rings is 1. The zero-order valence-electron chi connectivity index (χ0n) is 8.55. The third-order valence-corrected chi connectivity index (χ3v) is 3.15. The molecule has 0 aliphatic carbocycles. The van der Waals surface area contributed by atoms with Crippen molar-refractivity contribution in [2.45, 2.75) is 26.2 Å². The summed E-state index contributed by atoms with van der Waals surface area (Å²) in [6.45, 7) is 6.50. The van der Waals surface area contributed by atoms with Crippen LogP contribution in [0.5, 0.6) is 0 Å². The summed E-state index contributed by atoms with van der Waals surface area (Å²) in [7, 11) is 0. The molecule has 0 amide bonds. The van der Waals surface area contributed by atoms with E-state index in [1.165, 1.54) is 16.9 Å². The molecule has 0 bridgehead atoms. The van der Waals surface area contributed by atoms with Crippen LogP contribution in [0.3, 0.4) is 0 Å². The Kier molecular flexibility index (Phi) is 2.00. The van der Waals surface area contributed by atoms with Crippen molar-refractivity contribution in [3.8, 4) is 0 Å². The van der Waals surface area contributed by atoms with Crippen molar-refractivity contribution >= 4 is 21.6 Å². The number of H-pyrrole nitrogens is 1. The van der Waals surface area contributed by atoms with Gasteiger partial charge in [-0.2, -0.15) is 0 Å². The van der Waals surface area contributed by atoms with Crippen LogP contribution in [0.4, 0.5) is 0 Å². The molecule has 1 heterocycles. The van der Waals surface area contributed by atoms with Gasteiger partial charge < -0.3 is 4.98 Å². The molecule has 2 rings (SSSR count). The zero-order valence-corrected chi connectivity index (χ0v) is 9.37. The van der Waals surface area contributed by atoms with E-state index in [-0.39, 0.29) is 10.3 Å². The van der Waals surface area contributed by atoms with Crippen molar-refractivity contribution in [1.29, 1.82) is 0 Å². The smallest absolute Gasteiger partial charge is 0.305 e. The van der Waals surface area contributed by atoms with Gasteiger partial charge in [0.15, 0.2) is 0 Å². The van der Waals surface area contributed by atoms with Crippen LogP contribution < -0.4 is 4.87 Å². The van der Waals surface area contributed by atoms with E-state index in [9.17, 15) is 4.79 Å². The maximum atomic E-state index is 11.1. The number of benzene rings is 1. The molecule has 0 saturated carbocycles. The first-order valence-electron chi connectivity index (χ1n) is 4.60. The standard InChI is InChI=1S/C11H13NOS/c1-11(2,3)7-4-5-9-8(6-7)12-10(13)14-9/h4-6H,1-3H3,(H,12,13). The highest BCUT2D eigenvalue weighted by Crippen LogP contribution is 2.25. The first-order chi connectivity index (χ1) is 6.47. The van der Waals surface area contributed by atoms with Gasteiger partial charge in [-0.15, -0.1) is 0 Å². The van der Waals surface area contributed by atoms with E-state index in [2.05, 4.69) is 37.9 Å². The third kappa shape index (κ3) is 1.60. The predicted molar refractivity (Wildman–Crippen MR) is 61.1 cm³/mol. The number of hydrogen-bond donors (Lipinski definition) is 1. The molecule has 14 heavy (non-hydrogen) atoms. The number of fused-ring (bicyclic) bond motifs is 1. The number of aromatic amines is 1. The number of rotatable bonds is 0. The molecule has 1 aromatic heterocycles. The second kappa shape index (κ2) is 2.95. The largest absolute Gasteiger partial charge is 0.312 e. The summed E-state index contributed by atoms with van der Waals surface area (Å²) in [5, 5.41) is 0. The Hall–Kier alpha value is -1.09. The molecule has 0 radical (unpaired) electrons.